The highest BCUT2D eigenvalue weighted by Gasteiger charge is 2.15. The lowest BCUT2D eigenvalue weighted by atomic mass is 10.2. The maximum atomic E-state index is 12.2. The molecule has 0 heterocycles. The summed E-state index contributed by atoms with van der Waals surface area (Å²) >= 11 is 11.7. The summed E-state index contributed by atoms with van der Waals surface area (Å²) in [4.78, 5) is 0.111. The molecule has 0 aromatic heterocycles. The van der Waals surface area contributed by atoms with Gasteiger partial charge in [0.05, 0.1) is 10.6 Å². The van der Waals surface area contributed by atoms with Gasteiger partial charge in [0.1, 0.15) is 0 Å². The average Bonchev–Trinajstić information content (AvgIpc) is 2.33. The first-order chi connectivity index (χ1) is 8.88. The summed E-state index contributed by atoms with van der Waals surface area (Å²) in [6.07, 6.45) is 0. The summed E-state index contributed by atoms with van der Waals surface area (Å²) in [5.74, 6) is 0. The van der Waals surface area contributed by atoms with E-state index in [9.17, 15) is 8.42 Å². The molecular weight excluding hydrogens is 305 g/mol. The highest BCUT2D eigenvalue weighted by atomic mass is 35.5. The Labute approximate surface area is 122 Å². The molecule has 100 valence electrons. The third-order valence-corrected chi connectivity index (χ3v) is 4.38. The van der Waals surface area contributed by atoms with Crippen molar-refractivity contribution in [2.24, 2.45) is 0 Å². The van der Waals surface area contributed by atoms with Crippen molar-refractivity contribution < 1.29 is 8.42 Å². The van der Waals surface area contributed by atoms with E-state index < -0.39 is 10.0 Å². The molecule has 2 aromatic carbocycles. The summed E-state index contributed by atoms with van der Waals surface area (Å²) in [7, 11) is -3.67. The van der Waals surface area contributed by atoms with Crippen LogP contribution in [0.2, 0.25) is 10.0 Å². The fourth-order valence-corrected chi connectivity index (χ4v) is 3.14. The second kappa shape index (κ2) is 5.41. The van der Waals surface area contributed by atoms with Crippen LogP contribution in [0.5, 0.6) is 0 Å². The van der Waals surface area contributed by atoms with Gasteiger partial charge >= 0.3 is 0 Å². The number of aryl methyl sites for hydroxylation is 1. The van der Waals surface area contributed by atoms with Crippen molar-refractivity contribution >= 4 is 38.9 Å². The lowest BCUT2D eigenvalue weighted by Gasteiger charge is -2.11. The predicted octanol–water partition coefficient (Wildman–Crippen LogP) is 4.10. The van der Waals surface area contributed by atoms with E-state index in [-0.39, 0.29) is 4.90 Å². The van der Waals surface area contributed by atoms with Crippen LogP contribution in [0, 0.1) is 6.92 Å². The molecule has 3 nitrogen and oxygen atoms in total. The molecule has 6 heteroatoms. The Morgan fingerprint density at radius 3 is 2.37 bits per heavy atom. The number of sulfonamides is 1. The van der Waals surface area contributed by atoms with Gasteiger partial charge in [0.2, 0.25) is 0 Å². The van der Waals surface area contributed by atoms with Crippen molar-refractivity contribution in [3.63, 3.8) is 0 Å². The van der Waals surface area contributed by atoms with Crippen LogP contribution in [0.15, 0.2) is 47.4 Å². The van der Waals surface area contributed by atoms with Gasteiger partial charge in [0.25, 0.3) is 10.0 Å². The van der Waals surface area contributed by atoms with Crippen LogP contribution in [0.4, 0.5) is 5.69 Å². The fraction of sp³-hybridized carbons (Fsp3) is 0.0769. The van der Waals surface area contributed by atoms with Crippen molar-refractivity contribution in [3.8, 4) is 0 Å². The molecule has 0 amide bonds. The SMILES string of the molecule is Cc1ccc(Cl)cc1NS(=O)(=O)c1cccc(Cl)c1. The van der Waals surface area contributed by atoms with Crippen LogP contribution in [-0.2, 0) is 10.0 Å². The fourth-order valence-electron chi connectivity index (χ4n) is 1.54. The molecule has 1 N–H and O–H groups in total. The molecule has 0 aliphatic rings. The van der Waals surface area contributed by atoms with Crippen molar-refractivity contribution in [1.29, 1.82) is 0 Å². The standard InChI is InChI=1S/C13H11Cl2NO2S/c1-9-5-6-11(15)8-13(9)16-19(17,18)12-4-2-3-10(14)7-12/h2-8,16H,1H3. The molecule has 2 aromatic rings. The molecule has 2 rings (SSSR count). The summed E-state index contributed by atoms with van der Waals surface area (Å²) < 4.78 is 26.9. The zero-order valence-electron chi connectivity index (χ0n) is 10.0. The van der Waals surface area contributed by atoms with Gasteiger partial charge in [-0.25, -0.2) is 8.42 Å². The van der Waals surface area contributed by atoms with E-state index in [0.717, 1.165) is 5.56 Å². The van der Waals surface area contributed by atoms with Gasteiger partial charge in [0, 0.05) is 10.0 Å². The van der Waals surface area contributed by atoms with Gasteiger partial charge in [0.15, 0.2) is 0 Å². The third kappa shape index (κ3) is 3.41. The Morgan fingerprint density at radius 1 is 1.00 bits per heavy atom. The molecule has 0 radical (unpaired) electrons. The molecule has 0 fully saturated rings. The normalized spacial score (nSPS) is 11.3. The second-order valence-corrected chi connectivity index (χ2v) is 6.58. The van der Waals surface area contributed by atoms with E-state index in [1.54, 1.807) is 37.3 Å². The first kappa shape index (κ1) is 14.2. The minimum Gasteiger partial charge on any atom is -0.279 e. The Balaban J connectivity index is 2.39. The van der Waals surface area contributed by atoms with Crippen LogP contribution < -0.4 is 4.72 Å². The van der Waals surface area contributed by atoms with E-state index in [2.05, 4.69) is 4.72 Å². The quantitative estimate of drug-likeness (QED) is 0.926. The first-order valence-electron chi connectivity index (χ1n) is 5.43. The summed E-state index contributed by atoms with van der Waals surface area (Å²) in [6, 6.07) is 11.1. The zero-order chi connectivity index (χ0) is 14.0. The lowest BCUT2D eigenvalue weighted by molar-refractivity contribution is 0.601. The van der Waals surface area contributed by atoms with Crippen LogP contribution in [0.3, 0.4) is 0 Å². The maximum Gasteiger partial charge on any atom is 0.261 e. The predicted molar refractivity (Wildman–Crippen MR) is 78.4 cm³/mol. The van der Waals surface area contributed by atoms with Crippen LogP contribution >= 0.6 is 23.2 Å². The largest absolute Gasteiger partial charge is 0.279 e. The monoisotopic (exact) mass is 315 g/mol. The van der Waals surface area contributed by atoms with Crippen LogP contribution in [0.25, 0.3) is 0 Å². The highest BCUT2D eigenvalue weighted by Crippen LogP contribution is 2.24. The minimum absolute atomic E-state index is 0.111. The Hall–Kier alpha value is -1.23. The van der Waals surface area contributed by atoms with E-state index in [1.807, 2.05) is 0 Å². The number of hydrogen-bond donors (Lipinski definition) is 1. The molecule has 0 saturated heterocycles. The number of anilines is 1. The van der Waals surface area contributed by atoms with Gasteiger partial charge in [-0.3, -0.25) is 4.72 Å². The van der Waals surface area contributed by atoms with E-state index in [0.29, 0.717) is 15.7 Å². The van der Waals surface area contributed by atoms with Gasteiger partial charge in [-0.2, -0.15) is 0 Å². The van der Waals surface area contributed by atoms with E-state index in [1.165, 1.54) is 12.1 Å². The average molecular weight is 316 g/mol. The van der Waals surface area contributed by atoms with E-state index >= 15 is 0 Å². The van der Waals surface area contributed by atoms with Crippen molar-refractivity contribution in [3.05, 3.63) is 58.1 Å². The molecule has 0 unspecified atom stereocenters. The van der Waals surface area contributed by atoms with Crippen LogP contribution in [-0.4, -0.2) is 8.42 Å². The van der Waals surface area contributed by atoms with Crippen LogP contribution in [0.1, 0.15) is 5.56 Å². The number of rotatable bonds is 3. The van der Waals surface area contributed by atoms with Crippen molar-refractivity contribution in [2.75, 3.05) is 4.72 Å². The smallest absolute Gasteiger partial charge is 0.261 e. The third-order valence-electron chi connectivity index (χ3n) is 2.55. The van der Waals surface area contributed by atoms with Gasteiger partial charge in [-0.15, -0.1) is 0 Å². The number of nitrogens with one attached hydrogen (secondary N) is 1. The Morgan fingerprint density at radius 2 is 1.68 bits per heavy atom. The summed E-state index contributed by atoms with van der Waals surface area (Å²) in [5, 5.41) is 0.833. The first-order valence-corrected chi connectivity index (χ1v) is 7.67. The second-order valence-electron chi connectivity index (χ2n) is 4.02. The maximum absolute atomic E-state index is 12.2. The van der Waals surface area contributed by atoms with Gasteiger partial charge < -0.3 is 0 Å². The summed E-state index contributed by atoms with van der Waals surface area (Å²) in [5.41, 5.74) is 1.24. The molecule has 0 atom stereocenters. The Kier molecular flexibility index (Phi) is 4.04. The molecule has 0 spiro atoms. The molecular formula is C13H11Cl2NO2S. The minimum atomic E-state index is -3.67. The highest BCUT2D eigenvalue weighted by molar-refractivity contribution is 7.92. The lowest BCUT2D eigenvalue weighted by Crippen LogP contribution is -2.13. The Bertz CT molecular complexity index is 714. The number of halogens is 2. The zero-order valence-corrected chi connectivity index (χ0v) is 12.4. The number of benzene rings is 2. The van der Waals surface area contributed by atoms with Crippen molar-refractivity contribution in [2.45, 2.75) is 11.8 Å². The summed E-state index contributed by atoms with van der Waals surface area (Å²) in [6.45, 7) is 1.80. The topological polar surface area (TPSA) is 46.2 Å². The van der Waals surface area contributed by atoms with Gasteiger partial charge in [-0.05, 0) is 42.8 Å². The van der Waals surface area contributed by atoms with Gasteiger partial charge in [-0.1, -0.05) is 35.3 Å². The molecule has 0 aliphatic heterocycles. The molecule has 0 saturated carbocycles. The van der Waals surface area contributed by atoms with Crippen molar-refractivity contribution in [1.82, 2.24) is 0 Å². The molecule has 19 heavy (non-hydrogen) atoms. The number of hydrogen-bond acceptors (Lipinski definition) is 2. The molecule has 0 bridgehead atoms. The van der Waals surface area contributed by atoms with E-state index in [4.69, 9.17) is 23.2 Å². The molecule has 0 aliphatic carbocycles.